The van der Waals surface area contributed by atoms with Crippen LogP contribution in [0.25, 0.3) is 0 Å². The highest BCUT2D eigenvalue weighted by Gasteiger charge is 2.20. The van der Waals surface area contributed by atoms with E-state index in [1.54, 1.807) is 0 Å². The minimum absolute atomic E-state index is 0.243. The van der Waals surface area contributed by atoms with Crippen molar-refractivity contribution in [2.24, 2.45) is 0 Å². The van der Waals surface area contributed by atoms with Gasteiger partial charge in [0.2, 0.25) is 0 Å². The summed E-state index contributed by atoms with van der Waals surface area (Å²) in [6.45, 7) is 0. The van der Waals surface area contributed by atoms with Crippen molar-refractivity contribution in [3.63, 3.8) is 0 Å². The summed E-state index contributed by atoms with van der Waals surface area (Å²) in [6, 6.07) is 3.46. The van der Waals surface area contributed by atoms with E-state index in [-0.39, 0.29) is 5.56 Å². The topological polar surface area (TPSA) is 66.4 Å². The van der Waals surface area contributed by atoms with Crippen LogP contribution in [-0.2, 0) is 4.79 Å². The lowest BCUT2D eigenvalue weighted by atomic mass is 10.1. The second-order valence-corrected chi connectivity index (χ2v) is 5.66. The molecule has 0 unspecified atom stereocenters. The molecule has 0 fully saturated rings. The van der Waals surface area contributed by atoms with E-state index < -0.39 is 17.9 Å². The number of carbonyl (C=O) groups is 2. The predicted molar refractivity (Wildman–Crippen MR) is 78.4 cm³/mol. The Labute approximate surface area is 125 Å². The summed E-state index contributed by atoms with van der Waals surface area (Å²) < 4.78 is 0. The molecule has 0 bridgehead atoms. The monoisotopic (exact) mass is 321 g/mol. The van der Waals surface area contributed by atoms with Crippen LogP contribution in [0.15, 0.2) is 18.2 Å². The van der Waals surface area contributed by atoms with Crippen LogP contribution in [-0.4, -0.2) is 35.0 Å². The number of hydrogen-bond acceptors (Lipinski definition) is 3. The quantitative estimate of drug-likeness (QED) is 0.845. The van der Waals surface area contributed by atoms with Gasteiger partial charge in [-0.1, -0.05) is 23.2 Å². The molecule has 0 aliphatic rings. The fourth-order valence-corrected chi connectivity index (χ4v) is 2.42. The summed E-state index contributed by atoms with van der Waals surface area (Å²) in [5, 5.41) is 12.1. The molecule has 4 nitrogen and oxygen atoms in total. The maximum absolute atomic E-state index is 11.9. The number of hydrogen-bond donors (Lipinski definition) is 2. The van der Waals surface area contributed by atoms with Crippen molar-refractivity contribution in [2.45, 2.75) is 12.5 Å². The maximum atomic E-state index is 11.9. The normalized spacial score (nSPS) is 11.9. The predicted octanol–water partition coefficient (Wildman–Crippen LogP) is 2.93. The largest absolute Gasteiger partial charge is 0.480 e. The van der Waals surface area contributed by atoms with Crippen LogP contribution in [0.3, 0.4) is 0 Å². The van der Waals surface area contributed by atoms with E-state index in [9.17, 15) is 9.59 Å². The number of carboxylic acid groups (broad SMARTS) is 1. The van der Waals surface area contributed by atoms with Crippen molar-refractivity contribution in [3.8, 4) is 0 Å². The Balaban J connectivity index is 2.78. The van der Waals surface area contributed by atoms with Gasteiger partial charge < -0.3 is 10.4 Å². The lowest BCUT2D eigenvalue weighted by Gasteiger charge is -2.14. The fourth-order valence-electron chi connectivity index (χ4n) is 1.42. The van der Waals surface area contributed by atoms with Gasteiger partial charge in [-0.15, -0.1) is 0 Å². The van der Waals surface area contributed by atoms with E-state index in [1.807, 2.05) is 6.26 Å². The molecule has 0 spiro atoms. The van der Waals surface area contributed by atoms with E-state index in [2.05, 4.69) is 5.32 Å². The van der Waals surface area contributed by atoms with Crippen LogP contribution in [0.5, 0.6) is 0 Å². The highest BCUT2D eigenvalue weighted by molar-refractivity contribution is 7.98. The fraction of sp³-hybridized carbons (Fsp3) is 0.333. The third-order valence-electron chi connectivity index (χ3n) is 2.34. The van der Waals surface area contributed by atoms with E-state index in [0.29, 0.717) is 22.2 Å². The minimum atomic E-state index is -1.06. The standard InChI is InChI=1S/C12H13Cl2NO3S/c1-19-3-2-10(12(17)18)15-11(16)7-4-8(13)6-9(14)5-7/h4-6,10H,2-3H2,1H3,(H,15,16)(H,17,18)/t10-/m0/s1. The Hall–Kier alpha value is -0.910. The highest BCUT2D eigenvalue weighted by atomic mass is 35.5. The summed E-state index contributed by atoms with van der Waals surface area (Å²) in [5.41, 5.74) is 0.243. The van der Waals surface area contributed by atoms with Gasteiger partial charge in [0.05, 0.1) is 0 Å². The first-order chi connectivity index (χ1) is 8.93. The molecule has 0 saturated carbocycles. The highest BCUT2D eigenvalue weighted by Crippen LogP contribution is 2.19. The number of nitrogens with one attached hydrogen (secondary N) is 1. The Morgan fingerprint density at radius 1 is 1.32 bits per heavy atom. The van der Waals surface area contributed by atoms with Crippen LogP contribution in [0, 0.1) is 0 Å². The van der Waals surface area contributed by atoms with Gasteiger partial charge >= 0.3 is 5.97 Å². The van der Waals surface area contributed by atoms with Crippen LogP contribution in [0.1, 0.15) is 16.8 Å². The Bertz CT molecular complexity index is 462. The molecule has 19 heavy (non-hydrogen) atoms. The molecule has 0 heterocycles. The number of rotatable bonds is 6. The smallest absolute Gasteiger partial charge is 0.326 e. The van der Waals surface area contributed by atoms with Gasteiger partial charge in [-0.25, -0.2) is 4.79 Å². The summed E-state index contributed by atoms with van der Waals surface area (Å²) in [5.74, 6) is -0.915. The van der Waals surface area contributed by atoms with Gasteiger partial charge in [0, 0.05) is 15.6 Å². The van der Waals surface area contributed by atoms with Gasteiger partial charge in [-0.3, -0.25) is 4.79 Å². The van der Waals surface area contributed by atoms with Gasteiger partial charge in [-0.2, -0.15) is 11.8 Å². The number of benzene rings is 1. The molecular formula is C12H13Cl2NO3S. The molecule has 1 atom stereocenters. The molecule has 7 heteroatoms. The van der Waals surface area contributed by atoms with Crippen molar-refractivity contribution in [1.29, 1.82) is 0 Å². The lowest BCUT2D eigenvalue weighted by molar-refractivity contribution is -0.139. The number of aliphatic carboxylic acids is 1. The van der Waals surface area contributed by atoms with Crippen molar-refractivity contribution >= 4 is 46.8 Å². The molecule has 104 valence electrons. The van der Waals surface area contributed by atoms with E-state index in [1.165, 1.54) is 30.0 Å². The molecule has 2 N–H and O–H groups in total. The molecular weight excluding hydrogens is 309 g/mol. The molecule has 1 aromatic carbocycles. The average molecular weight is 322 g/mol. The van der Waals surface area contributed by atoms with E-state index >= 15 is 0 Å². The molecule has 0 aliphatic carbocycles. The summed E-state index contributed by atoms with van der Waals surface area (Å²) >= 11 is 13.1. The van der Waals surface area contributed by atoms with Crippen molar-refractivity contribution in [3.05, 3.63) is 33.8 Å². The van der Waals surface area contributed by atoms with Crippen LogP contribution in [0.2, 0.25) is 10.0 Å². The van der Waals surface area contributed by atoms with Gasteiger partial charge in [0.25, 0.3) is 5.91 Å². The first-order valence-electron chi connectivity index (χ1n) is 5.42. The van der Waals surface area contributed by atoms with Gasteiger partial charge in [-0.05, 0) is 36.6 Å². The van der Waals surface area contributed by atoms with Crippen molar-refractivity contribution in [1.82, 2.24) is 5.32 Å². The number of carbonyl (C=O) groups excluding carboxylic acids is 1. The third-order valence-corrected chi connectivity index (χ3v) is 3.42. The Morgan fingerprint density at radius 3 is 2.37 bits per heavy atom. The molecule has 0 radical (unpaired) electrons. The zero-order valence-corrected chi connectivity index (χ0v) is 12.5. The van der Waals surface area contributed by atoms with Crippen LogP contribution in [0.4, 0.5) is 0 Å². The van der Waals surface area contributed by atoms with Crippen molar-refractivity contribution in [2.75, 3.05) is 12.0 Å². The van der Waals surface area contributed by atoms with Crippen molar-refractivity contribution < 1.29 is 14.7 Å². The molecule has 0 saturated heterocycles. The molecule has 1 aromatic rings. The summed E-state index contributed by atoms with van der Waals surface area (Å²) in [6.07, 6.45) is 2.23. The van der Waals surface area contributed by atoms with Crippen LogP contribution >= 0.6 is 35.0 Å². The second-order valence-electron chi connectivity index (χ2n) is 3.80. The number of halogens is 2. The molecule has 1 amide bonds. The Kier molecular flexibility index (Phi) is 6.48. The average Bonchev–Trinajstić information content (AvgIpc) is 2.32. The van der Waals surface area contributed by atoms with E-state index in [4.69, 9.17) is 28.3 Å². The first kappa shape index (κ1) is 16.1. The van der Waals surface area contributed by atoms with Gasteiger partial charge in [0.1, 0.15) is 6.04 Å². The SMILES string of the molecule is CSCC[C@H](NC(=O)c1cc(Cl)cc(Cl)c1)C(=O)O. The number of carboxylic acids is 1. The maximum Gasteiger partial charge on any atom is 0.326 e. The second kappa shape index (κ2) is 7.62. The van der Waals surface area contributed by atoms with Crippen LogP contribution < -0.4 is 5.32 Å². The summed E-state index contributed by atoms with van der Waals surface area (Å²) in [7, 11) is 0. The molecule has 0 aromatic heterocycles. The molecule has 0 aliphatic heterocycles. The first-order valence-corrected chi connectivity index (χ1v) is 7.57. The lowest BCUT2D eigenvalue weighted by Crippen LogP contribution is -2.41. The zero-order valence-electron chi connectivity index (χ0n) is 10.2. The number of thioether (sulfide) groups is 1. The zero-order chi connectivity index (χ0) is 14.4. The Morgan fingerprint density at radius 2 is 1.89 bits per heavy atom. The van der Waals surface area contributed by atoms with E-state index in [0.717, 1.165) is 0 Å². The molecule has 1 rings (SSSR count). The van der Waals surface area contributed by atoms with Gasteiger partial charge in [0.15, 0.2) is 0 Å². The summed E-state index contributed by atoms with van der Waals surface area (Å²) in [4.78, 5) is 23.0. The number of amides is 1. The minimum Gasteiger partial charge on any atom is -0.480 e. The third kappa shape index (κ3) is 5.30.